The van der Waals surface area contributed by atoms with E-state index in [2.05, 4.69) is 0 Å². The third-order valence-electron chi connectivity index (χ3n) is 2.83. The molecule has 1 aromatic rings. The summed E-state index contributed by atoms with van der Waals surface area (Å²) in [5.74, 6) is 0.226. The molecule has 0 saturated heterocycles. The molecule has 0 aliphatic carbocycles. The second-order valence-corrected chi connectivity index (χ2v) is 4.58. The zero-order chi connectivity index (χ0) is 14.5. The first-order chi connectivity index (χ1) is 8.91. The Hall–Kier alpha value is -2.13. The van der Waals surface area contributed by atoms with Gasteiger partial charge >= 0.3 is 0 Å². The van der Waals surface area contributed by atoms with Crippen LogP contribution in [0.25, 0.3) is 0 Å². The van der Waals surface area contributed by atoms with Gasteiger partial charge in [-0.25, -0.2) is 0 Å². The van der Waals surface area contributed by atoms with Gasteiger partial charge in [-0.2, -0.15) is 5.26 Å². The molecular formula is C13H16N2O4. The Bertz CT molecular complexity index is 506. The van der Waals surface area contributed by atoms with Gasteiger partial charge in [0.25, 0.3) is 5.69 Å². The fraction of sp³-hybridized carbons (Fsp3) is 0.462. The van der Waals surface area contributed by atoms with Crippen molar-refractivity contribution in [2.24, 2.45) is 0 Å². The second-order valence-electron chi connectivity index (χ2n) is 4.58. The van der Waals surface area contributed by atoms with Gasteiger partial charge < -0.3 is 9.47 Å². The summed E-state index contributed by atoms with van der Waals surface area (Å²) >= 11 is 0. The third kappa shape index (κ3) is 3.93. The van der Waals surface area contributed by atoms with Crippen LogP contribution in [0, 0.1) is 21.4 Å². The van der Waals surface area contributed by atoms with E-state index in [9.17, 15) is 10.1 Å². The Balaban J connectivity index is 2.83. The van der Waals surface area contributed by atoms with E-state index in [0.717, 1.165) is 0 Å². The average molecular weight is 264 g/mol. The van der Waals surface area contributed by atoms with E-state index >= 15 is 0 Å². The van der Waals surface area contributed by atoms with Gasteiger partial charge in [0.05, 0.1) is 17.1 Å². The number of nitro groups is 1. The van der Waals surface area contributed by atoms with E-state index in [1.54, 1.807) is 13.2 Å². The minimum Gasteiger partial charge on any atom is -0.492 e. The molecule has 102 valence electrons. The fourth-order valence-electron chi connectivity index (χ4n) is 1.41. The molecule has 0 saturated carbocycles. The van der Waals surface area contributed by atoms with Crippen molar-refractivity contribution in [2.45, 2.75) is 25.9 Å². The number of hydrogen-bond donors (Lipinski definition) is 0. The SMILES string of the molecule is COC(C)(C)CCOc1cccc([N+](=O)[O-])c1C#N. The molecule has 6 heteroatoms. The smallest absolute Gasteiger partial charge is 0.290 e. The standard InChI is InChI=1S/C13H16N2O4/c1-13(2,18-3)7-8-19-12-6-4-5-11(15(16)17)10(12)9-14/h4-6H,7-8H2,1-3H3. The zero-order valence-electron chi connectivity index (χ0n) is 11.2. The van der Waals surface area contributed by atoms with Crippen molar-refractivity contribution in [1.29, 1.82) is 5.26 Å². The Labute approximate surface area is 111 Å². The maximum Gasteiger partial charge on any atom is 0.290 e. The summed E-state index contributed by atoms with van der Waals surface area (Å²) < 4.78 is 10.7. The van der Waals surface area contributed by atoms with E-state index in [1.165, 1.54) is 12.1 Å². The van der Waals surface area contributed by atoms with Gasteiger partial charge in [0.1, 0.15) is 11.8 Å². The number of hydrogen-bond acceptors (Lipinski definition) is 5. The number of benzene rings is 1. The zero-order valence-corrected chi connectivity index (χ0v) is 11.2. The minimum atomic E-state index is -0.593. The number of nitriles is 1. The summed E-state index contributed by atoms with van der Waals surface area (Å²) in [6, 6.07) is 6.13. The van der Waals surface area contributed by atoms with Crippen molar-refractivity contribution in [3.05, 3.63) is 33.9 Å². The van der Waals surface area contributed by atoms with Gasteiger partial charge in [-0.1, -0.05) is 6.07 Å². The van der Waals surface area contributed by atoms with Crippen LogP contribution in [0.15, 0.2) is 18.2 Å². The summed E-state index contributed by atoms with van der Waals surface area (Å²) in [6.45, 7) is 4.14. The van der Waals surface area contributed by atoms with Gasteiger partial charge in [-0.05, 0) is 19.9 Å². The molecule has 0 N–H and O–H groups in total. The highest BCUT2D eigenvalue weighted by Gasteiger charge is 2.20. The number of rotatable bonds is 6. The third-order valence-corrected chi connectivity index (χ3v) is 2.83. The minimum absolute atomic E-state index is 0.0530. The molecule has 0 aliphatic rings. The first-order valence-electron chi connectivity index (χ1n) is 5.77. The van der Waals surface area contributed by atoms with Crippen LogP contribution < -0.4 is 4.74 Å². The maximum absolute atomic E-state index is 10.8. The lowest BCUT2D eigenvalue weighted by molar-refractivity contribution is -0.385. The van der Waals surface area contributed by atoms with Crippen molar-refractivity contribution < 1.29 is 14.4 Å². The number of nitrogens with zero attached hydrogens (tertiary/aromatic N) is 2. The molecule has 1 rings (SSSR count). The van der Waals surface area contributed by atoms with Crippen molar-refractivity contribution in [2.75, 3.05) is 13.7 Å². The summed E-state index contributed by atoms with van der Waals surface area (Å²) in [5, 5.41) is 19.8. The lowest BCUT2D eigenvalue weighted by Crippen LogP contribution is -2.25. The van der Waals surface area contributed by atoms with Gasteiger partial charge in [0, 0.05) is 19.6 Å². The van der Waals surface area contributed by atoms with Crippen LogP contribution >= 0.6 is 0 Å². The van der Waals surface area contributed by atoms with Crippen LogP contribution in [0.1, 0.15) is 25.8 Å². The molecule has 0 aliphatic heterocycles. The number of nitro benzene ring substituents is 1. The molecule has 0 spiro atoms. The molecule has 0 aromatic heterocycles. The molecule has 0 atom stereocenters. The van der Waals surface area contributed by atoms with E-state index in [4.69, 9.17) is 14.7 Å². The summed E-state index contributed by atoms with van der Waals surface area (Å²) in [5.41, 5.74) is -0.637. The molecule has 0 heterocycles. The van der Waals surface area contributed by atoms with E-state index in [1.807, 2.05) is 19.9 Å². The molecule has 1 aromatic carbocycles. The first kappa shape index (κ1) is 14.9. The Morgan fingerprint density at radius 3 is 2.68 bits per heavy atom. The highest BCUT2D eigenvalue weighted by atomic mass is 16.6. The van der Waals surface area contributed by atoms with Gasteiger partial charge in [0.15, 0.2) is 5.56 Å². The van der Waals surface area contributed by atoms with Crippen LogP contribution in [0.4, 0.5) is 5.69 Å². The fourth-order valence-corrected chi connectivity index (χ4v) is 1.41. The van der Waals surface area contributed by atoms with Crippen molar-refractivity contribution >= 4 is 5.69 Å². The lowest BCUT2D eigenvalue weighted by Gasteiger charge is -2.22. The van der Waals surface area contributed by atoms with Crippen LogP contribution in [-0.2, 0) is 4.74 Å². The molecule has 6 nitrogen and oxygen atoms in total. The topological polar surface area (TPSA) is 85.4 Å². The molecule has 0 bridgehead atoms. The molecule has 19 heavy (non-hydrogen) atoms. The molecule has 0 amide bonds. The summed E-state index contributed by atoms with van der Waals surface area (Å²) in [4.78, 5) is 10.2. The summed E-state index contributed by atoms with van der Waals surface area (Å²) in [6.07, 6.45) is 0.608. The second kappa shape index (κ2) is 6.16. The monoisotopic (exact) mass is 264 g/mol. The predicted molar refractivity (Wildman–Crippen MR) is 69.0 cm³/mol. The first-order valence-corrected chi connectivity index (χ1v) is 5.77. The van der Waals surface area contributed by atoms with Crippen molar-refractivity contribution in [3.63, 3.8) is 0 Å². The lowest BCUT2D eigenvalue weighted by atomic mass is 10.1. The maximum atomic E-state index is 10.8. The highest BCUT2D eigenvalue weighted by molar-refractivity contribution is 5.56. The summed E-state index contributed by atoms with van der Waals surface area (Å²) in [7, 11) is 1.61. The Morgan fingerprint density at radius 2 is 2.16 bits per heavy atom. The van der Waals surface area contributed by atoms with Crippen LogP contribution in [0.3, 0.4) is 0 Å². The van der Waals surface area contributed by atoms with Crippen molar-refractivity contribution in [1.82, 2.24) is 0 Å². The average Bonchev–Trinajstić information content (AvgIpc) is 2.38. The van der Waals surface area contributed by atoms with Gasteiger partial charge in [-0.3, -0.25) is 10.1 Å². The molecule has 0 unspecified atom stereocenters. The number of ether oxygens (including phenoxy) is 2. The van der Waals surface area contributed by atoms with Crippen LogP contribution in [0.2, 0.25) is 0 Å². The van der Waals surface area contributed by atoms with Gasteiger partial charge in [0.2, 0.25) is 0 Å². The largest absolute Gasteiger partial charge is 0.492 e. The van der Waals surface area contributed by atoms with E-state index in [0.29, 0.717) is 13.0 Å². The molecular weight excluding hydrogens is 248 g/mol. The van der Waals surface area contributed by atoms with Gasteiger partial charge in [-0.15, -0.1) is 0 Å². The molecule has 0 radical (unpaired) electrons. The van der Waals surface area contributed by atoms with Crippen LogP contribution in [-0.4, -0.2) is 24.2 Å². The van der Waals surface area contributed by atoms with Crippen molar-refractivity contribution in [3.8, 4) is 11.8 Å². The highest BCUT2D eigenvalue weighted by Crippen LogP contribution is 2.27. The predicted octanol–water partition coefficient (Wildman–Crippen LogP) is 2.66. The molecule has 0 fully saturated rings. The number of methoxy groups -OCH3 is 1. The Kier molecular flexibility index (Phi) is 4.84. The van der Waals surface area contributed by atoms with E-state index in [-0.39, 0.29) is 22.6 Å². The normalized spacial score (nSPS) is 10.8. The quantitative estimate of drug-likeness (QED) is 0.582. The Morgan fingerprint density at radius 1 is 1.47 bits per heavy atom. The van der Waals surface area contributed by atoms with E-state index < -0.39 is 4.92 Å². The van der Waals surface area contributed by atoms with Crippen LogP contribution in [0.5, 0.6) is 5.75 Å².